The largest absolute Gasteiger partial charge is 0.379 e. The second-order valence-electron chi connectivity index (χ2n) is 4.42. The van der Waals surface area contributed by atoms with Crippen LogP contribution in [0.25, 0.3) is 0 Å². The molecule has 0 aromatic carbocycles. The maximum absolute atomic E-state index is 11.1. The van der Waals surface area contributed by atoms with Crippen molar-refractivity contribution in [3.05, 3.63) is 0 Å². The average Bonchev–Trinajstić information content (AvgIpc) is 2.68. The Kier molecular flexibility index (Phi) is 5.73. The summed E-state index contributed by atoms with van der Waals surface area (Å²) in [6.45, 7) is 5.96. The van der Waals surface area contributed by atoms with Crippen LogP contribution in [0.2, 0.25) is 0 Å². The quantitative estimate of drug-likeness (QED) is 0.647. The Labute approximate surface area is 96.7 Å². The van der Waals surface area contributed by atoms with Crippen LogP contribution in [0.15, 0.2) is 0 Å². The van der Waals surface area contributed by atoms with Crippen molar-refractivity contribution in [1.29, 1.82) is 0 Å². The molecule has 0 spiro atoms. The van der Waals surface area contributed by atoms with Gasteiger partial charge in [0.2, 0.25) is 5.91 Å². The van der Waals surface area contributed by atoms with Crippen molar-refractivity contribution < 1.29 is 14.3 Å². The average molecular weight is 230 g/mol. The van der Waals surface area contributed by atoms with Crippen molar-refractivity contribution in [3.8, 4) is 0 Å². The summed E-state index contributed by atoms with van der Waals surface area (Å²) in [7, 11) is 0. The van der Waals surface area contributed by atoms with Gasteiger partial charge in [-0.05, 0) is 12.8 Å². The van der Waals surface area contributed by atoms with E-state index in [9.17, 15) is 4.79 Å². The number of amides is 1. The highest BCUT2D eigenvalue weighted by Crippen LogP contribution is 2.08. The lowest BCUT2D eigenvalue weighted by Gasteiger charge is -2.19. The van der Waals surface area contributed by atoms with Gasteiger partial charge in [0.15, 0.2) is 0 Å². The van der Waals surface area contributed by atoms with E-state index in [1.54, 1.807) is 0 Å². The van der Waals surface area contributed by atoms with Crippen molar-refractivity contribution in [2.24, 2.45) is 5.73 Å². The predicted octanol–water partition coefficient (Wildman–Crippen LogP) is 0.0339. The van der Waals surface area contributed by atoms with Crippen LogP contribution < -0.4 is 11.1 Å². The van der Waals surface area contributed by atoms with Crippen LogP contribution in [0.4, 0.5) is 0 Å². The molecule has 1 rings (SSSR count). The number of carbonyl (C=O) groups is 1. The SMILES string of the molecule is CC(C)NC(CCOC1CCOC1)C(N)=O. The van der Waals surface area contributed by atoms with Gasteiger partial charge in [0.25, 0.3) is 0 Å². The first kappa shape index (κ1) is 13.4. The summed E-state index contributed by atoms with van der Waals surface area (Å²) < 4.78 is 10.8. The summed E-state index contributed by atoms with van der Waals surface area (Å²) >= 11 is 0. The molecule has 1 aliphatic rings. The minimum Gasteiger partial charge on any atom is -0.379 e. The topological polar surface area (TPSA) is 73.6 Å². The zero-order valence-corrected chi connectivity index (χ0v) is 10.1. The number of primary amides is 1. The van der Waals surface area contributed by atoms with Crippen molar-refractivity contribution >= 4 is 5.91 Å². The van der Waals surface area contributed by atoms with Gasteiger partial charge in [-0.2, -0.15) is 0 Å². The highest BCUT2D eigenvalue weighted by Gasteiger charge is 2.19. The fourth-order valence-electron chi connectivity index (χ4n) is 1.71. The molecule has 16 heavy (non-hydrogen) atoms. The first-order valence-corrected chi connectivity index (χ1v) is 5.84. The monoisotopic (exact) mass is 230 g/mol. The van der Waals surface area contributed by atoms with Crippen LogP contribution in [0, 0.1) is 0 Å². The van der Waals surface area contributed by atoms with Gasteiger partial charge in [0.1, 0.15) is 0 Å². The van der Waals surface area contributed by atoms with Gasteiger partial charge >= 0.3 is 0 Å². The molecule has 0 bridgehead atoms. The van der Waals surface area contributed by atoms with E-state index < -0.39 is 0 Å². The van der Waals surface area contributed by atoms with E-state index in [2.05, 4.69) is 5.32 Å². The molecule has 5 nitrogen and oxygen atoms in total. The first-order valence-electron chi connectivity index (χ1n) is 5.84. The van der Waals surface area contributed by atoms with Crippen LogP contribution in [-0.2, 0) is 14.3 Å². The van der Waals surface area contributed by atoms with Crippen LogP contribution in [-0.4, -0.2) is 43.9 Å². The molecular weight excluding hydrogens is 208 g/mol. The maximum atomic E-state index is 11.1. The van der Waals surface area contributed by atoms with Gasteiger partial charge in [-0.1, -0.05) is 13.8 Å². The Morgan fingerprint density at radius 3 is 2.88 bits per heavy atom. The molecule has 0 saturated carbocycles. The van der Waals surface area contributed by atoms with Crippen LogP contribution >= 0.6 is 0 Å². The first-order chi connectivity index (χ1) is 7.59. The number of nitrogens with one attached hydrogen (secondary N) is 1. The summed E-state index contributed by atoms with van der Waals surface area (Å²) in [4.78, 5) is 11.1. The van der Waals surface area contributed by atoms with E-state index in [1.165, 1.54) is 0 Å². The molecule has 1 heterocycles. The van der Waals surface area contributed by atoms with E-state index in [0.717, 1.165) is 13.0 Å². The Hall–Kier alpha value is -0.650. The molecule has 1 aliphatic heterocycles. The summed E-state index contributed by atoms with van der Waals surface area (Å²) in [6.07, 6.45) is 1.75. The lowest BCUT2D eigenvalue weighted by atomic mass is 10.2. The molecular formula is C11H22N2O3. The summed E-state index contributed by atoms with van der Waals surface area (Å²) in [5.41, 5.74) is 5.30. The number of hydrogen-bond acceptors (Lipinski definition) is 4. The van der Waals surface area contributed by atoms with Crippen molar-refractivity contribution in [2.75, 3.05) is 19.8 Å². The number of nitrogens with two attached hydrogens (primary N) is 1. The third-order valence-corrected chi connectivity index (χ3v) is 2.53. The molecule has 0 radical (unpaired) electrons. The van der Waals surface area contributed by atoms with Crippen molar-refractivity contribution in [3.63, 3.8) is 0 Å². The van der Waals surface area contributed by atoms with E-state index in [0.29, 0.717) is 19.6 Å². The molecule has 1 fully saturated rings. The molecule has 1 saturated heterocycles. The molecule has 1 amide bonds. The molecule has 0 aromatic heterocycles. The highest BCUT2D eigenvalue weighted by molar-refractivity contribution is 5.79. The molecule has 2 unspecified atom stereocenters. The Morgan fingerprint density at radius 2 is 2.38 bits per heavy atom. The lowest BCUT2D eigenvalue weighted by Crippen LogP contribution is -2.45. The van der Waals surface area contributed by atoms with E-state index in [1.807, 2.05) is 13.8 Å². The van der Waals surface area contributed by atoms with Gasteiger partial charge in [0, 0.05) is 19.3 Å². The van der Waals surface area contributed by atoms with E-state index in [-0.39, 0.29) is 24.1 Å². The standard InChI is InChI=1S/C11H22N2O3/c1-8(2)13-10(11(12)14)4-6-16-9-3-5-15-7-9/h8-10,13H,3-7H2,1-2H3,(H2,12,14). The minimum atomic E-state index is -0.319. The molecule has 2 atom stereocenters. The van der Waals surface area contributed by atoms with Gasteiger partial charge in [0.05, 0.1) is 18.8 Å². The fraction of sp³-hybridized carbons (Fsp3) is 0.909. The third-order valence-electron chi connectivity index (χ3n) is 2.53. The van der Waals surface area contributed by atoms with Crippen LogP contribution in [0.3, 0.4) is 0 Å². The molecule has 0 aromatic rings. The van der Waals surface area contributed by atoms with Gasteiger partial charge < -0.3 is 20.5 Å². The Morgan fingerprint density at radius 1 is 1.62 bits per heavy atom. The zero-order chi connectivity index (χ0) is 12.0. The molecule has 94 valence electrons. The van der Waals surface area contributed by atoms with E-state index in [4.69, 9.17) is 15.2 Å². The van der Waals surface area contributed by atoms with Crippen LogP contribution in [0.1, 0.15) is 26.7 Å². The molecule has 0 aliphatic carbocycles. The highest BCUT2D eigenvalue weighted by atomic mass is 16.5. The Bertz CT molecular complexity index is 215. The number of ether oxygens (including phenoxy) is 2. The second kappa shape index (κ2) is 6.83. The van der Waals surface area contributed by atoms with Gasteiger partial charge in [-0.25, -0.2) is 0 Å². The number of rotatable bonds is 7. The molecule has 3 N–H and O–H groups in total. The summed E-state index contributed by atoms with van der Waals surface area (Å²) in [5.74, 6) is -0.319. The van der Waals surface area contributed by atoms with Crippen molar-refractivity contribution in [1.82, 2.24) is 5.32 Å². The predicted molar refractivity (Wildman–Crippen MR) is 61.0 cm³/mol. The Balaban J connectivity index is 2.18. The number of hydrogen-bond donors (Lipinski definition) is 2. The fourth-order valence-corrected chi connectivity index (χ4v) is 1.71. The zero-order valence-electron chi connectivity index (χ0n) is 10.1. The second-order valence-corrected chi connectivity index (χ2v) is 4.42. The van der Waals surface area contributed by atoms with Crippen LogP contribution in [0.5, 0.6) is 0 Å². The molecule has 5 heteroatoms. The number of carbonyl (C=O) groups excluding carboxylic acids is 1. The minimum absolute atomic E-state index is 0.188. The summed E-state index contributed by atoms with van der Waals surface area (Å²) in [6, 6.07) is -0.0605. The summed E-state index contributed by atoms with van der Waals surface area (Å²) in [5, 5.41) is 3.12. The van der Waals surface area contributed by atoms with E-state index >= 15 is 0 Å². The normalized spacial score (nSPS) is 22.6. The lowest BCUT2D eigenvalue weighted by molar-refractivity contribution is -0.120. The van der Waals surface area contributed by atoms with Crippen molar-refractivity contribution in [2.45, 2.75) is 44.9 Å². The maximum Gasteiger partial charge on any atom is 0.234 e. The van der Waals surface area contributed by atoms with Gasteiger partial charge in [-0.3, -0.25) is 4.79 Å². The smallest absolute Gasteiger partial charge is 0.234 e. The van der Waals surface area contributed by atoms with Gasteiger partial charge in [-0.15, -0.1) is 0 Å². The third kappa shape index (κ3) is 4.92.